The second-order valence-corrected chi connectivity index (χ2v) is 4.65. The molecule has 23 heavy (non-hydrogen) atoms. The van der Waals surface area contributed by atoms with Crippen LogP contribution in [0.4, 0.5) is 0 Å². The number of ether oxygens (including phenoxy) is 1. The number of aliphatic hydroxyl groups excluding tert-OH is 1. The molecule has 0 saturated heterocycles. The number of methoxy groups -OCH3 is 1. The number of carbonyl (C=O) groups is 2. The number of benzene rings is 2. The van der Waals surface area contributed by atoms with Crippen molar-refractivity contribution < 1.29 is 29.6 Å². The van der Waals surface area contributed by atoms with Gasteiger partial charge in [0.25, 0.3) is 0 Å². The Morgan fingerprint density at radius 2 is 1.70 bits per heavy atom. The van der Waals surface area contributed by atoms with Crippen LogP contribution in [0, 0.1) is 6.92 Å². The highest BCUT2D eigenvalue weighted by Crippen LogP contribution is 2.15. The molecular weight excluding hydrogens is 300 g/mol. The lowest BCUT2D eigenvalue weighted by Gasteiger charge is -1.99. The Hall–Kier alpha value is -2.86. The van der Waals surface area contributed by atoms with E-state index in [4.69, 9.17) is 15.3 Å². The first-order valence-corrected chi connectivity index (χ1v) is 6.70. The molecule has 0 bridgehead atoms. The van der Waals surface area contributed by atoms with Crippen molar-refractivity contribution in [2.24, 2.45) is 0 Å². The molecule has 0 atom stereocenters. The molecule has 0 fully saturated rings. The molecule has 2 aromatic rings. The van der Waals surface area contributed by atoms with E-state index < -0.39 is 5.97 Å². The Labute approximate surface area is 133 Å². The lowest BCUT2D eigenvalue weighted by Crippen LogP contribution is -2.00. The van der Waals surface area contributed by atoms with E-state index in [9.17, 15) is 9.59 Å². The van der Waals surface area contributed by atoms with Gasteiger partial charge in [0.05, 0.1) is 24.8 Å². The number of aromatic carboxylic acids is 1. The summed E-state index contributed by atoms with van der Waals surface area (Å²) in [5.74, 6) is -1.24. The van der Waals surface area contributed by atoms with E-state index in [1.54, 1.807) is 31.2 Å². The minimum atomic E-state index is -0.970. The fraction of sp³-hybridized carbons (Fsp3) is 0.176. The maximum Gasteiger partial charge on any atom is 0.337 e. The Morgan fingerprint density at radius 1 is 1.09 bits per heavy atom. The standard InChI is InChI=1S/C9H10O3.C8H8O3/c1-12-9(11)8-4-2-7(6-10)3-5-8;1-5-4-6(9)2-3-7(5)8(10)11/h2-5,10H,6H2,1H3;2-4,9H,1H3,(H,10,11). The molecule has 0 aromatic heterocycles. The summed E-state index contributed by atoms with van der Waals surface area (Å²) in [6.07, 6.45) is 0. The van der Waals surface area contributed by atoms with Gasteiger partial charge in [0.15, 0.2) is 0 Å². The van der Waals surface area contributed by atoms with Crippen LogP contribution in [0.5, 0.6) is 5.75 Å². The van der Waals surface area contributed by atoms with Crippen molar-refractivity contribution in [2.45, 2.75) is 13.5 Å². The summed E-state index contributed by atoms with van der Waals surface area (Å²) in [5, 5.41) is 26.2. The highest BCUT2D eigenvalue weighted by atomic mass is 16.5. The van der Waals surface area contributed by atoms with Gasteiger partial charge in [0, 0.05) is 0 Å². The maximum absolute atomic E-state index is 10.9. The normalized spacial score (nSPS) is 9.52. The van der Waals surface area contributed by atoms with Gasteiger partial charge in [-0.15, -0.1) is 0 Å². The van der Waals surface area contributed by atoms with Crippen LogP contribution in [0.1, 0.15) is 31.8 Å². The molecular formula is C17H18O6. The van der Waals surface area contributed by atoms with Crippen molar-refractivity contribution in [3.8, 4) is 5.75 Å². The third-order valence-corrected chi connectivity index (χ3v) is 3.00. The quantitative estimate of drug-likeness (QED) is 0.751. The molecule has 0 aliphatic rings. The number of aliphatic hydroxyl groups is 1. The van der Waals surface area contributed by atoms with E-state index in [1.807, 2.05) is 0 Å². The van der Waals surface area contributed by atoms with Crippen LogP contribution in [0.2, 0.25) is 0 Å². The van der Waals surface area contributed by atoms with Gasteiger partial charge < -0.3 is 20.1 Å². The van der Waals surface area contributed by atoms with Crippen molar-refractivity contribution in [1.82, 2.24) is 0 Å². The number of hydrogen-bond acceptors (Lipinski definition) is 5. The highest BCUT2D eigenvalue weighted by molar-refractivity contribution is 5.89. The summed E-state index contributed by atoms with van der Waals surface area (Å²) in [6.45, 7) is 1.63. The number of rotatable bonds is 3. The van der Waals surface area contributed by atoms with E-state index in [0.717, 1.165) is 5.56 Å². The van der Waals surface area contributed by atoms with Gasteiger partial charge in [-0.25, -0.2) is 9.59 Å². The topological polar surface area (TPSA) is 104 Å². The summed E-state index contributed by atoms with van der Waals surface area (Å²) in [4.78, 5) is 21.4. The number of phenolic OH excluding ortho intramolecular Hbond substituents is 1. The van der Waals surface area contributed by atoms with Crippen molar-refractivity contribution in [2.75, 3.05) is 7.11 Å². The zero-order valence-electron chi connectivity index (χ0n) is 12.8. The Kier molecular flexibility index (Phi) is 6.76. The monoisotopic (exact) mass is 318 g/mol. The van der Waals surface area contributed by atoms with Crippen LogP contribution in [0.15, 0.2) is 42.5 Å². The molecule has 0 saturated carbocycles. The molecule has 0 radical (unpaired) electrons. The summed E-state index contributed by atoms with van der Waals surface area (Å²) < 4.78 is 4.51. The predicted octanol–water partition coefficient (Wildman–Crippen LogP) is 2.36. The van der Waals surface area contributed by atoms with E-state index in [2.05, 4.69) is 4.74 Å². The maximum atomic E-state index is 10.9. The minimum absolute atomic E-state index is 0.0124. The van der Waals surface area contributed by atoms with Crippen LogP contribution >= 0.6 is 0 Å². The van der Waals surface area contributed by atoms with E-state index in [0.29, 0.717) is 11.1 Å². The molecule has 6 heteroatoms. The SMILES string of the molecule is COC(=O)c1ccc(CO)cc1.Cc1cc(O)ccc1C(=O)O. The number of hydrogen-bond donors (Lipinski definition) is 3. The van der Waals surface area contributed by atoms with Crippen molar-refractivity contribution in [3.05, 3.63) is 64.7 Å². The fourth-order valence-electron chi connectivity index (χ4n) is 1.75. The van der Waals surface area contributed by atoms with Gasteiger partial charge in [-0.1, -0.05) is 12.1 Å². The van der Waals surface area contributed by atoms with Crippen molar-refractivity contribution >= 4 is 11.9 Å². The molecule has 6 nitrogen and oxygen atoms in total. The molecule has 0 amide bonds. The average Bonchev–Trinajstić information content (AvgIpc) is 2.54. The minimum Gasteiger partial charge on any atom is -0.508 e. The molecule has 0 heterocycles. The first-order valence-electron chi connectivity index (χ1n) is 6.70. The molecule has 122 valence electrons. The van der Waals surface area contributed by atoms with Gasteiger partial charge in [0.1, 0.15) is 5.75 Å². The second-order valence-electron chi connectivity index (χ2n) is 4.65. The smallest absolute Gasteiger partial charge is 0.337 e. The van der Waals surface area contributed by atoms with E-state index >= 15 is 0 Å². The zero-order chi connectivity index (χ0) is 17.4. The number of phenols is 1. The van der Waals surface area contributed by atoms with Crippen LogP contribution < -0.4 is 0 Å². The number of carboxylic acids is 1. The molecule has 2 aromatic carbocycles. The van der Waals surface area contributed by atoms with Crippen LogP contribution in [-0.2, 0) is 11.3 Å². The lowest BCUT2D eigenvalue weighted by molar-refractivity contribution is 0.0599. The Morgan fingerprint density at radius 3 is 2.13 bits per heavy atom. The van der Waals surface area contributed by atoms with Crippen molar-refractivity contribution in [1.29, 1.82) is 0 Å². The predicted molar refractivity (Wildman–Crippen MR) is 83.5 cm³/mol. The number of esters is 1. The molecule has 0 aliphatic carbocycles. The first kappa shape index (κ1) is 18.2. The fourth-order valence-corrected chi connectivity index (χ4v) is 1.75. The van der Waals surface area contributed by atoms with Crippen LogP contribution in [0.3, 0.4) is 0 Å². The Balaban J connectivity index is 0.000000231. The second kappa shape index (κ2) is 8.55. The summed E-state index contributed by atoms with van der Waals surface area (Å²) in [7, 11) is 1.34. The number of aromatic hydroxyl groups is 1. The summed E-state index contributed by atoms with van der Waals surface area (Å²) in [5.41, 5.74) is 2.07. The van der Waals surface area contributed by atoms with E-state index in [1.165, 1.54) is 25.3 Å². The average molecular weight is 318 g/mol. The highest BCUT2D eigenvalue weighted by Gasteiger charge is 2.05. The number of aryl methyl sites for hydroxylation is 1. The number of carboxylic acid groups (broad SMARTS) is 1. The largest absolute Gasteiger partial charge is 0.508 e. The molecule has 0 aliphatic heterocycles. The third kappa shape index (κ3) is 5.44. The lowest BCUT2D eigenvalue weighted by atomic mass is 10.1. The van der Waals surface area contributed by atoms with E-state index in [-0.39, 0.29) is 23.9 Å². The summed E-state index contributed by atoms with van der Waals surface area (Å²) >= 11 is 0. The number of carbonyl (C=O) groups excluding carboxylic acids is 1. The van der Waals surface area contributed by atoms with Gasteiger partial charge in [-0.05, 0) is 48.4 Å². The third-order valence-electron chi connectivity index (χ3n) is 3.00. The molecule has 0 unspecified atom stereocenters. The van der Waals surface area contributed by atoms with Crippen LogP contribution in [-0.4, -0.2) is 34.4 Å². The van der Waals surface area contributed by atoms with Crippen molar-refractivity contribution in [3.63, 3.8) is 0 Å². The van der Waals surface area contributed by atoms with Gasteiger partial charge in [-0.2, -0.15) is 0 Å². The Bertz CT molecular complexity index is 676. The molecule has 0 spiro atoms. The van der Waals surface area contributed by atoms with Crippen LogP contribution in [0.25, 0.3) is 0 Å². The summed E-state index contributed by atoms with van der Waals surface area (Å²) in [6, 6.07) is 10.8. The molecule has 2 rings (SSSR count). The van der Waals surface area contributed by atoms with Gasteiger partial charge >= 0.3 is 11.9 Å². The van der Waals surface area contributed by atoms with Gasteiger partial charge in [0.2, 0.25) is 0 Å². The first-order chi connectivity index (χ1) is 10.9. The zero-order valence-corrected chi connectivity index (χ0v) is 12.8. The molecule has 3 N–H and O–H groups in total. The van der Waals surface area contributed by atoms with Gasteiger partial charge in [-0.3, -0.25) is 0 Å².